The zero-order valence-electron chi connectivity index (χ0n) is 16.4. The summed E-state index contributed by atoms with van der Waals surface area (Å²) in [6, 6.07) is 7.57. The average Bonchev–Trinajstić information content (AvgIpc) is 3.55. The fraction of sp³-hybridized carbons (Fsp3) is 0.273. The van der Waals surface area contributed by atoms with Crippen LogP contribution >= 0.6 is 0 Å². The van der Waals surface area contributed by atoms with E-state index in [0.29, 0.717) is 37.1 Å². The summed E-state index contributed by atoms with van der Waals surface area (Å²) in [5, 5.41) is 22.0. The molecule has 156 valence electrons. The number of hydrogen-bond acceptors (Lipinski definition) is 5. The fourth-order valence-electron chi connectivity index (χ4n) is 3.45. The molecule has 1 aliphatic carbocycles. The second-order valence-corrected chi connectivity index (χ2v) is 7.22. The summed E-state index contributed by atoms with van der Waals surface area (Å²) in [7, 11) is 0. The minimum atomic E-state index is -1.34. The molecule has 1 saturated carbocycles. The van der Waals surface area contributed by atoms with Crippen LogP contribution in [-0.4, -0.2) is 46.9 Å². The SMILES string of the molecule is Cc1c(C(=O)O)c(C(=O)C2CC2)cc(-c2ccc(C(=O)NCCN)cc2)c1C(=O)O. The number of hydrogen-bond donors (Lipinski definition) is 4. The summed E-state index contributed by atoms with van der Waals surface area (Å²) >= 11 is 0. The number of aromatic carboxylic acids is 2. The molecule has 0 aliphatic heterocycles. The molecule has 0 heterocycles. The largest absolute Gasteiger partial charge is 0.478 e. The molecule has 1 fully saturated rings. The van der Waals surface area contributed by atoms with Gasteiger partial charge in [-0.1, -0.05) is 12.1 Å². The maximum atomic E-state index is 12.7. The van der Waals surface area contributed by atoms with Gasteiger partial charge in [-0.15, -0.1) is 0 Å². The molecule has 2 aromatic rings. The molecule has 0 atom stereocenters. The molecule has 0 aromatic heterocycles. The molecule has 0 saturated heterocycles. The van der Waals surface area contributed by atoms with Crippen LogP contribution in [-0.2, 0) is 0 Å². The van der Waals surface area contributed by atoms with E-state index in [0.717, 1.165) is 0 Å². The standard InChI is InChI=1S/C22H22N2O6/c1-11-17(21(27)28)15(10-16(18(11)22(29)30)19(25)13-4-5-13)12-2-6-14(7-3-12)20(26)24-9-8-23/h2-3,6-7,10,13H,4-5,8-9,23H2,1H3,(H,24,26)(H,27,28)(H,29,30). The number of rotatable bonds is 8. The number of carboxylic acids is 2. The van der Waals surface area contributed by atoms with Gasteiger partial charge in [-0.3, -0.25) is 9.59 Å². The molecular weight excluding hydrogens is 388 g/mol. The van der Waals surface area contributed by atoms with Crippen molar-refractivity contribution in [3.8, 4) is 11.1 Å². The van der Waals surface area contributed by atoms with Crippen molar-refractivity contribution in [1.29, 1.82) is 0 Å². The number of amides is 1. The van der Waals surface area contributed by atoms with E-state index < -0.39 is 11.9 Å². The molecule has 30 heavy (non-hydrogen) atoms. The number of benzene rings is 2. The predicted molar refractivity (Wildman–Crippen MR) is 109 cm³/mol. The molecule has 3 rings (SSSR count). The van der Waals surface area contributed by atoms with Crippen molar-refractivity contribution in [3.63, 3.8) is 0 Å². The molecule has 0 unspecified atom stereocenters. The number of carbonyl (C=O) groups is 4. The summed E-state index contributed by atoms with van der Waals surface area (Å²) in [5.41, 5.74) is 6.05. The summed E-state index contributed by atoms with van der Waals surface area (Å²) in [6.07, 6.45) is 1.39. The molecule has 8 heteroatoms. The summed E-state index contributed by atoms with van der Waals surface area (Å²) in [5.74, 6) is -3.45. The van der Waals surface area contributed by atoms with Crippen LogP contribution < -0.4 is 11.1 Å². The van der Waals surface area contributed by atoms with Crippen LogP contribution in [0.5, 0.6) is 0 Å². The lowest BCUT2D eigenvalue weighted by atomic mass is 9.86. The Morgan fingerprint density at radius 1 is 1.03 bits per heavy atom. The Balaban J connectivity index is 2.13. The van der Waals surface area contributed by atoms with E-state index in [1.165, 1.54) is 25.1 Å². The van der Waals surface area contributed by atoms with Crippen molar-refractivity contribution in [3.05, 3.63) is 58.1 Å². The van der Waals surface area contributed by atoms with E-state index in [1.54, 1.807) is 12.1 Å². The molecule has 0 radical (unpaired) electrons. The summed E-state index contributed by atoms with van der Waals surface area (Å²) in [6.45, 7) is 2.03. The first-order chi connectivity index (χ1) is 14.3. The maximum Gasteiger partial charge on any atom is 0.336 e. The van der Waals surface area contributed by atoms with Gasteiger partial charge in [0.15, 0.2) is 5.78 Å². The highest BCUT2D eigenvalue weighted by Gasteiger charge is 2.35. The monoisotopic (exact) mass is 410 g/mol. The van der Waals surface area contributed by atoms with Crippen LogP contribution in [0.2, 0.25) is 0 Å². The van der Waals surface area contributed by atoms with Crippen LogP contribution in [0.25, 0.3) is 11.1 Å². The van der Waals surface area contributed by atoms with Crippen molar-refractivity contribution in [2.75, 3.05) is 13.1 Å². The lowest BCUT2D eigenvalue weighted by molar-refractivity contribution is 0.0690. The number of ketones is 1. The van der Waals surface area contributed by atoms with Crippen LogP contribution in [0.3, 0.4) is 0 Å². The number of nitrogens with one attached hydrogen (secondary N) is 1. The van der Waals surface area contributed by atoms with Crippen molar-refractivity contribution in [1.82, 2.24) is 5.32 Å². The molecule has 0 bridgehead atoms. The lowest BCUT2D eigenvalue weighted by Crippen LogP contribution is -2.28. The highest BCUT2D eigenvalue weighted by Crippen LogP contribution is 2.37. The number of nitrogens with two attached hydrogens (primary N) is 1. The zero-order chi connectivity index (χ0) is 22.0. The van der Waals surface area contributed by atoms with E-state index in [-0.39, 0.29) is 45.4 Å². The van der Waals surface area contributed by atoms with Crippen molar-refractivity contribution in [2.24, 2.45) is 11.7 Å². The van der Waals surface area contributed by atoms with E-state index >= 15 is 0 Å². The van der Waals surface area contributed by atoms with E-state index in [1.807, 2.05) is 0 Å². The maximum absolute atomic E-state index is 12.7. The van der Waals surface area contributed by atoms with Gasteiger partial charge in [0.2, 0.25) is 0 Å². The first kappa shape index (κ1) is 21.2. The Labute approximate surface area is 172 Å². The van der Waals surface area contributed by atoms with Gasteiger partial charge < -0.3 is 21.3 Å². The molecule has 0 spiro atoms. The van der Waals surface area contributed by atoms with Gasteiger partial charge in [-0.05, 0) is 54.7 Å². The molecule has 1 amide bonds. The minimum absolute atomic E-state index is 0.0206. The molecule has 1 aliphatic rings. The average molecular weight is 410 g/mol. The smallest absolute Gasteiger partial charge is 0.336 e. The van der Waals surface area contributed by atoms with Gasteiger partial charge >= 0.3 is 11.9 Å². The first-order valence-electron chi connectivity index (χ1n) is 9.53. The van der Waals surface area contributed by atoms with Crippen LogP contribution in [0.4, 0.5) is 0 Å². The highest BCUT2D eigenvalue weighted by molar-refractivity contribution is 6.12. The third-order valence-electron chi connectivity index (χ3n) is 5.11. The quantitative estimate of drug-likeness (QED) is 0.488. The Bertz CT molecular complexity index is 1040. The van der Waals surface area contributed by atoms with Crippen LogP contribution in [0.1, 0.15) is 59.8 Å². The van der Waals surface area contributed by atoms with E-state index in [4.69, 9.17) is 5.73 Å². The third kappa shape index (κ3) is 4.08. The Morgan fingerprint density at radius 2 is 1.63 bits per heavy atom. The second-order valence-electron chi connectivity index (χ2n) is 7.22. The van der Waals surface area contributed by atoms with E-state index in [2.05, 4.69) is 5.32 Å². The van der Waals surface area contributed by atoms with Crippen molar-refractivity contribution >= 4 is 23.6 Å². The normalized spacial score (nSPS) is 13.0. The molecule has 2 aromatic carbocycles. The van der Waals surface area contributed by atoms with Gasteiger partial charge in [-0.2, -0.15) is 0 Å². The fourth-order valence-corrected chi connectivity index (χ4v) is 3.45. The highest BCUT2D eigenvalue weighted by atomic mass is 16.4. The lowest BCUT2D eigenvalue weighted by Gasteiger charge is -2.16. The van der Waals surface area contributed by atoms with Crippen molar-refractivity contribution in [2.45, 2.75) is 19.8 Å². The summed E-state index contributed by atoms with van der Waals surface area (Å²) in [4.78, 5) is 48.6. The number of Topliss-reactive ketones (excluding diaryl/α,β-unsaturated/α-hetero) is 1. The van der Waals surface area contributed by atoms with Gasteiger partial charge in [0.05, 0.1) is 11.1 Å². The second kappa shape index (κ2) is 8.46. The third-order valence-corrected chi connectivity index (χ3v) is 5.11. The summed E-state index contributed by atoms with van der Waals surface area (Å²) < 4.78 is 0. The molecule has 8 nitrogen and oxygen atoms in total. The Hall–Kier alpha value is -3.52. The first-order valence-corrected chi connectivity index (χ1v) is 9.53. The van der Waals surface area contributed by atoms with E-state index in [9.17, 15) is 29.4 Å². The number of carbonyl (C=O) groups excluding carboxylic acids is 2. The molecule has 5 N–H and O–H groups in total. The van der Waals surface area contributed by atoms with Crippen LogP contribution in [0, 0.1) is 12.8 Å². The minimum Gasteiger partial charge on any atom is -0.478 e. The van der Waals surface area contributed by atoms with Crippen LogP contribution in [0.15, 0.2) is 30.3 Å². The Morgan fingerprint density at radius 3 is 2.13 bits per heavy atom. The topological polar surface area (TPSA) is 147 Å². The predicted octanol–water partition coefficient (Wildman–Crippen LogP) is 2.34. The van der Waals surface area contributed by atoms with Crippen molar-refractivity contribution < 1.29 is 29.4 Å². The molecular formula is C22H22N2O6. The Kier molecular flexibility index (Phi) is 5.98. The van der Waals surface area contributed by atoms with Gasteiger partial charge in [0.25, 0.3) is 5.91 Å². The number of carboxylic acid groups (broad SMARTS) is 2. The van der Waals surface area contributed by atoms with Gasteiger partial charge in [0.1, 0.15) is 0 Å². The van der Waals surface area contributed by atoms with Gasteiger partial charge in [0, 0.05) is 30.1 Å². The zero-order valence-corrected chi connectivity index (χ0v) is 16.4. The van der Waals surface area contributed by atoms with Gasteiger partial charge in [-0.25, -0.2) is 9.59 Å².